The highest BCUT2D eigenvalue weighted by molar-refractivity contribution is 7.99. The molecule has 0 radical (unpaired) electrons. The molecule has 0 saturated carbocycles. The van der Waals surface area contributed by atoms with Crippen LogP contribution in [0.15, 0.2) is 53.9 Å². The number of thioether (sulfide) groups is 1. The first-order valence-corrected chi connectivity index (χ1v) is 9.05. The molecule has 0 atom stereocenters. The molecule has 2 aromatic heterocycles. The lowest BCUT2D eigenvalue weighted by atomic mass is 10.2. The minimum Gasteiger partial charge on any atom is -0.325 e. The highest BCUT2D eigenvalue weighted by atomic mass is 35.5. The van der Waals surface area contributed by atoms with Gasteiger partial charge in [-0.15, -0.1) is 10.2 Å². The zero-order valence-electron chi connectivity index (χ0n) is 13.5. The number of carbonyl (C=O) groups excluding carboxylic acids is 1. The van der Waals surface area contributed by atoms with Gasteiger partial charge in [0.1, 0.15) is 0 Å². The third kappa shape index (κ3) is 4.37. The molecule has 0 aliphatic carbocycles. The van der Waals surface area contributed by atoms with Gasteiger partial charge in [0.25, 0.3) is 0 Å². The van der Waals surface area contributed by atoms with Crippen LogP contribution >= 0.6 is 23.4 Å². The quantitative estimate of drug-likeness (QED) is 0.666. The molecule has 6 nitrogen and oxygen atoms in total. The Balaban J connectivity index is 1.67. The maximum absolute atomic E-state index is 12.1. The molecule has 0 spiro atoms. The van der Waals surface area contributed by atoms with E-state index < -0.39 is 0 Å². The molecule has 25 heavy (non-hydrogen) atoms. The van der Waals surface area contributed by atoms with Crippen LogP contribution < -0.4 is 5.32 Å². The SMILES string of the molecule is CCn1c(SCC(=O)Nc2cccc(Cl)c2)nnc1-c1ccncc1. The van der Waals surface area contributed by atoms with E-state index in [2.05, 4.69) is 20.5 Å². The molecule has 1 N–H and O–H groups in total. The van der Waals surface area contributed by atoms with Gasteiger partial charge in [0, 0.05) is 35.2 Å². The number of rotatable bonds is 6. The van der Waals surface area contributed by atoms with Gasteiger partial charge in [-0.3, -0.25) is 9.78 Å². The van der Waals surface area contributed by atoms with Crippen LogP contribution in [-0.4, -0.2) is 31.4 Å². The number of carbonyl (C=O) groups is 1. The maximum Gasteiger partial charge on any atom is 0.234 e. The topological polar surface area (TPSA) is 72.7 Å². The van der Waals surface area contributed by atoms with E-state index in [0.29, 0.717) is 22.4 Å². The molecule has 128 valence electrons. The Kier molecular flexibility index (Phi) is 5.67. The van der Waals surface area contributed by atoms with Gasteiger partial charge in [0.15, 0.2) is 11.0 Å². The third-order valence-electron chi connectivity index (χ3n) is 3.41. The number of hydrogen-bond donors (Lipinski definition) is 1. The molecule has 0 fully saturated rings. The first kappa shape index (κ1) is 17.4. The van der Waals surface area contributed by atoms with Crippen molar-refractivity contribution in [2.75, 3.05) is 11.1 Å². The Labute approximate surface area is 154 Å². The van der Waals surface area contributed by atoms with Gasteiger partial charge in [-0.1, -0.05) is 29.4 Å². The van der Waals surface area contributed by atoms with Gasteiger partial charge in [0.05, 0.1) is 5.75 Å². The molecule has 0 bridgehead atoms. The molecular formula is C17H16ClN5OS. The van der Waals surface area contributed by atoms with Gasteiger partial charge in [-0.2, -0.15) is 0 Å². The number of aromatic nitrogens is 4. The molecule has 0 aliphatic heterocycles. The van der Waals surface area contributed by atoms with Crippen molar-refractivity contribution in [3.05, 3.63) is 53.8 Å². The molecular weight excluding hydrogens is 358 g/mol. The summed E-state index contributed by atoms with van der Waals surface area (Å²) in [5.74, 6) is 0.882. The largest absolute Gasteiger partial charge is 0.325 e. The van der Waals surface area contributed by atoms with Gasteiger partial charge in [0.2, 0.25) is 5.91 Å². The van der Waals surface area contributed by atoms with Crippen LogP contribution in [0.25, 0.3) is 11.4 Å². The second kappa shape index (κ2) is 8.13. The minimum absolute atomic E-state index is 0.122. The Morgan fingerprint density at radius 2 is 2.04 bits per heavy atom. The van der Waals surface area contributed by atoms with E-state index in [-0.39, 0.29) is 11.7 Å². The van der Waals surface area contributed by atoms with Crippen molar-refractivity contribution in [1.82, 2.24) is 19.7 Å². The second-order valence-electron chi connectivity index (χ2n) is 5.13. The van der Waals surface area contributed by atoms with Crippen LogP contribution in [0.1, 0.15) is 6.92 Å². The second-order valence-corrected chi connectivity index (χ2v) is 6.51. The lowest BCUT2D eigenvalue weighted by molar-refractivity contribution is -0.113. The molecule has 3 rings (SSSR count). The smallest absolute Gasteiger partial charge is 0.234 e. The van der Waals surface area contributed by atoms with E-state index in [1.54, 1.807) is 36.7 Å². The standard InChI is InChI=1S/C17H16ClN5OS/c1-2-23-16(12-6-8-19-9-7-12)21-22-17(23)25-11-15(24)20-14-5-3-4-13(18)10-14/h3-10H,2,11H2,1H3,(H,20,24). The third-order valence-corrected chi connectivity index (χ3v) is 4.61. The van der Waals surface area contributed by atoms with E-state index in [1.807, 2.05) is 23.6 Å². The van der Waals surface area contributed by atoms with Crippen LogP contribution in [0.5, 0.6) is 0 Å². The zero-order chi connectivity index (χ0) is 17.6. The summed E-state index contributed by atoms with van der Waals surface area (Å²) >= 11 is 7.27. The first-order valence-electron chi connectivity index (χ1n) is 7.69. The van der Waals surface area contributed by atoms with Crippen LogP contribution in [0, 0.1) is 0 Å². The summed E-state index contributed by atoms with van der Waals surface area (Å²) in [6, 6.07) is 10.8. The van der Waals surface area contributed by atoms with Crippen molar-refractivity contribution in [2.24, 2.45) is 0 Å². The van der Waals surface area contributed by atoms with Crippen LogP contribution in [0.3, 0.4) is 0 Å². The Bertz CT molecular complexity index is 868. The molecule has 8 heteroatoms. The van der Waals surface area contributed by atoms with Crippen molar-refractivity contribution < 1.29 is 4.79 Å². The van der Waals surface area contributed by atoms with Crippen LogP contribution in [0.2, 0.25) is 5.02 Å². The molecule has 0 saturated heterocycles. The molecule has 0 unspecified atom stereocenters. The van der Waals surface area contributed by atoms with Gasteiger partial charge < -0.3 is 9.88 Å². The lowest BCUT2D eigenvalue weighted by Crippen LogP contribution is -2.14. The van der Waals surface area contributed by atoms with E-state index in [9.17, 15) is 4.79 Å². The summed E-state index contributed by atoms with van der Waals surface area (Å²) in [6.07, 6.45) is 3.44. The van der Waals surface area contributed by atoms with Crippen LogP contribution in [-0.2, 0) is 11.3 Å². The Hall–Kier alpha value is -2.38. The summed E-state index contributed by atoms with van der Waals surface area (Å²) in [7, 11) is 0. The monoisotopic (exact) mass is 373 g/mol. The van der Waals surface area contributed by atoms with Gasteiger partial charge >= 0.3 is 0 Å². The highest BCUT2D eigenvalue weighted by Crippen LogP contribution is 2.23. The van der Waals surface area contributed by atoms with Crippen molar-refractivity contribution in [2.45, 2.75) is 18.6 Å². The van der Waals surface area contributed by atoms with E-state index in [0.717, 1.165) is 11.4 Å². The fourth-order valence-electron chi connectivity index (χ4n) is 2.29. The zero-order valence-corrected chi connectivity index (χ0v) is 15.1. The summed E-state index contributed by atoms with van der Waals surface area (Å²) in [5, 5.41) is 12.6. The van der Waals surface area contributed by atoms with E-state index >= 15 is 0 Å². The van der Waals surface area contributed by atoms with Crippen molar-refractivity contribution >= 4 is 35.0 Å². The number of amides is 1. The summed E-state index contributed by atoms with van der Waals surface area (Å²) < 4.78 is 1.98. The number of pyridine rings is 1. The molecule has 1 aromatic carbocycles. The Morgan fingerprint density at radius 3 is 2.76 bits per heavy atom. The predicted octanol–water partition coefficient (Wildman–Crippen LogP) is 3.74. The highest BCUT2D eigenvalue weighted by Gasteiger charge is 2.14. The van der Waals surface area contributed by atoms with Gasteiger partial charge in [-0.05, 0) is 37.3 Å². The average Bonchev–Trinajstić information content (AvgIpc) is 3.03. The normalized spacial score (nSPS) is 10.6. The number of halogens is 1. The molecule has 0 aliphatic rings. The Morgan fingerprint density at radius 1 is 1.24 bits per heavy atom. The van der Waals surface area contributed by atoms with Crippen molar-refractivity contribution in [1.29, 1.82) is 0 Å². The summed E-state index contributed by atoms with van der Waals surface area (Å²) in [5.41, 5.74) is 1.62. The average molecular weight is 374 g/mol. The number of nitrogens with one attached hydrogen (secondary N) is 1. The summed E-state index contributed by atoms with van der Waals surface area (Å²) in [4.78, 5) is 16.1. The number of benzene rings is 1. The van der Waals surface area contributed by atoms with Crippen molar-refractivity contribution in [3.8, 4) is 11.4 Å². The number of anilines is 1. The number of hydrogen-bond acceptors (Lipinski definition) is 5. The molecule has 3 aromatic rings. The lowest BCUT2D eigenvalue weighted by Gasteiger charge is -2.08. The number of nitrogens with zero attached hydrogens (tertiary/aromatic N) is 4. The maximum atomic E-state index is 12.1. The van der Waals surface area contributed by atoms with E-state index in [4.69, 9.17) is 11.6 Å². The van der Waals surface area contributed by atoms with E-state index in [1.165, 1.54) is 11.8 Å². The summed E-state index contributed by atoms with van der Waals surface area (Å²) in [6.45, 7) is 2.73. The molecule has 2 heterocycles. The molecule has 1 amide bonds. The fraction of sp³-hybridized carbons (Fsp3) is 0.176. The van der Waals surface area contributed by atoms with Crippen molar-refractivity contribution in [3.63, 3.8) is 0 Å². The minimum atomic E-state index is -0.122. The fourth-order valence-corrected chi connectivity index (χ4v) is 3.28. The first-order chi connectivity index (χ1) is 12.2. The van der Waals surface area contributed by atoms with Crippen LogP contribution in [0.4, 0.5) is 5.69 Å². The predicted molar refractivity (Wildman–Crippen MR) is 99.7 cm³/mol. The van der Waals surface area contributed by atoms with Gasteiger partial charge in [-0.25, -0.2) is 0 Å².